The van der Waals surface area contributed by atoms with E-state index in [1.165, 1.54) is 19.3 Å². The average Bonchev–Trinajstić information content (AvgIpc) is 2.78. The Kier molecular flexibility index (Phi) is 5.07. The molecule has 2 aromatic carbocycles. The summed E-state index contributed by atoms with van der Waals surface area (Å²) in [4.78, 5) is 28.7. The molecule has 1 heterocycles. The van der Waals surface area contributed by atoms with Crippen molar-refractivity contribution in [2.75, 3.05) is 17.3 Å². The van der Waals surface area contributed by atoms with E-state index in [4.69, 9.17) is 0 Å². The van der Waals surface area contributed by atoms with Gasteiger partial charge in [0, 0.05) is 28.6 Å². The number of fused-ring (bicyclic) bond motifs is 2. The van der Waals surface area contributed by atoms with Crippen LogP contribution in [0.2, 0.25) is 0 Å². The van der Waals surface area contributed by atoms with Crippen LogP contribution in [0.5, 0.6) is 0 Å². The molecule has 3 amide bonds. The van der Waals surface area contributed by atoms with Crippen LogP contribution < -0.4 is 15.5 Å². The van der Waals surface area contributed by atoms with Gasteiger partial charge in [-0.2, -0.15) is 0 Å². The Morgan fingerprint density at radius 2 is 1.85 bits per heavy atom. The molecular weight excluding hydrogens is 358 g/mol. The van der Waals surface area contributed by atoms with Crippen LogP contribution in [0.3, 0.4) is 0 Å². The molecule has 1 saturated carbocycles. The van der Waals surface area contributed by atoms with Gasteiger partial charge in [-0.15, -0.1) is 0 Å². The second kappa shape index (κ2) is 7.64. The number of nitrogens with zero attached hydrogens (tertiary/aromatic N) is 1. The summed E-state index contributed by atoms with van der Waals surface area (Å²) in [6, 6.07) is 13.4. The van der Waals surface area contributed by atoms with Crippen LogP contribution in [-0.2, 0) is 0 Å². The molecule has 2 aliphatic rings. The van der Waals surface area contributed by atoms with E-state index >= 15 is 0 Å². The highest BCUT2D eigenvalue weighted by Gasteiger charge is 2.25. The summed E-state index contributed by atoms with van der Waals surface area (Å²) in [7, 11) is 1.77. The molecule has 1 fully saturated rings. The predicted molar refractivity (Wildman–Crippen MR) is 109 cm³/mol. The third-order valence-electron chi connectivity index (χ3n) is 5.16. The summed E-state index contributed by atoms with van der Waals surface area (Å²) in [6.07, 6.45) is 5.70. The summed E-state index contributed by atoms with van der Waals surface area (Å²) in [5.41, 5.74) is 2.19. The lowest BCUT2D eigenvalue weighted by Gasteiger charge is -2.23. The van der Waals surface area contributed by atoms with Gasteiger partial charge in [0.15, 0.2) is 0 Å². The molecule has 0 saturated heterocycles. The minimum Gasteiger partial charge on any atom is -0.335 e. The maximum Gasteiger partial charge on any atom is 0.319 e. The zero-order chi connectivity index (χ0) is 18.8. The summed E-state index contributed by atoms with van der Waals surface area (Å²) in [5, 5.41) is 5.98. The van der Waals surface area contributed by atoms with Gasteiger partial charge >= 0.3 is 6.03 Å². The zero-order valence-electron chi connectivity index (χ0n) is 15.3. The molecule has 6 heteroatoms. The number of urea groups is 1. The summed E-state index contributed by atoms with van der Waals surface area (Å²) < 4.78 is 0. The van der Waals surface area contributed by atoms with Crippen LogP contribution >= 0.6 is 11.8 Å². The van der Waals surface area contributed by atoms with E-state index in [0.717, 1.165) is 28.3 Å². The first-order chi connectivity index (χ1) is 13.1. The number of rotatable bonds is 2. The number of carbonyl (C=O) groups is 2. The van der Waals surface area contributed by atoms with E-state index in [-0.39, 0.29) is 18.0 Å². The first-order valence-corrected chi connectivity index (χ1v) is 10.2. The Morgan fingerprint density at radius 1 is 1.07 bits per heavy atom. The predicted octanol–water partition coefficient (Wildman–Crippen LogP) is 4.88. The Morgan fingerprint density at radius 3 is 2.67 bits per heavy atom. The van der Waals surface area contributed by atoms with Gasteiger partial charge in [0.05, 0.1) is 11.3 Å². The van der Waals surface area contributed by atoms with Crippen molar-refractivity contribution in [3.63, 3.8) is 0 Å². The van der Waals surface area contributed by atoms with E-state index in [1.807, 2.05) is 42.5 Å². The molecule has 0 atom stereocenters. The van der Waals surface area contributed by atoms with Crippen LogP contribution in [0.25, 0.3) is 0 Å². The maximum atomic E-state index is 12.8. The van der Waals surface area contributed by atoms with Gasteiger partial charge < -0.3 is 15.5 Å². The van der Waals surface area contributed by atoms with Crippen LogP contribution in [0.1, 0.15) is 42.5 Å². The first-order valence-electron chi connectivity index (χ1n) is 9.38. The highest BCUT2D eigenvalue weighted by atomic mass is 32.2. The Labute approximate surface area is 163 Å². The number of anilines is 2. The monoisotopic (exact) mass is 381 g/mol. The highest BCUT2D eigenvalue weighted by molar-refractivity contribution is 7.99. The van der Waals surface area contributed by atoms with Gasteiger partial charge in [-0.1, -0.05) is 43.2 Å². The highest BCUT2D eigenvalue weighted by Crippen LogP contribution is 2.41. The van der Waals surface area contributed by atoms with Crippen LogP contribution in [-0.4, -0.2) is 25.0 Å². The van der Waals surface area contributed by atoms with E-state index < -0.39 is 0 Å². The summed E-state index contributed by atoms with van der Waals surface area (Å²) in [6.45, 7) is 0. The number of nitrogens with one attached hydrogen (secondary N) is 2. The van der Waals surface area contributed by atoms with Gasteiger partial charge in [-0.05, 0) is 43.2 Å². The van der Waals surface area contributed by atoms with Crippen LogP contribution in [0.4, 0.5) is 16.2 Å². The molecule has 4 rings (SSSR count). The molecule has 0 spiro atoms. The molecule has 1 aliphatic carbocycles. The van der Waals surface area contributed by atoms with Crippen molar-refractivity contribution in [2.45, 2.75) is 47.9 Å². The van der Waals surface area contributed by atoms with Crippen molar-refractivity contribution in [1.82, 2.24) is 5.32 Å². The molecule has 2 aromatic rings. The number of amides is 3. The van der Waals surface area contributed by atoms with Crippen molar-refractivity contribution >= 4 is 35.1 Å². The van der Waals surface area contributed by atoms with Gasteiger partial charge in [0.2, 0.25) is 0 Å². The van der Waals surface area contributed by atoms with Crippen molar-refractivity contribution in [2.24, 2.45) is 0 Å². The van der Waals surface area contributed by atoms with Crippen molar-refractivity contribution < 1.29 is 9.59 Å². The lowest BCUT2D eigenvalue weighted by molar-refractivity contribution is 0.0990. The molecule has 0 aromatic heterocycles. The second-order valence-corrected chi connectivity index (χ2v) is 8.16. The van der Waals surface area contributed by atoms with Crippen molar-refractivity contribution in [3.8, 4) is 0 Å². The minimum atomic E-state index is -0.180. The maximum absolute atomic E-state index is 12.8. The van der Waals surface area contributed by atoms with Gasteiger partial charge in [0.25, 0.3) is 5.91 Å². The van der Waals surface area contributed by atoms with E-state index in [1.54, 1.807) is 23.7 Å². The third-order valence-corrected chi connectivity index (χ3v) is 6.30. The standard InChI is InChI=1S/C21H23N3O2S/c1-24-17-13-15(23-21(26)22-14-7-3-2-4-8-14)11-12-19(17)27-18-10-6-5-9-16(18)20(24)25/h5-6,9-14H,2-4,7-8H2,1H3,(H2,22,23,26). The van der Waals surface area contributed by atoms with Crippen LogP contribution in [0.15, 0.2) is 52.3 Å². The molecule has 5 nitrogen and oxygen atoms in total. The third kappa shape index (κ3) is 3.81. The largest absolute Gasteiger partial charge is 0.335 e. The van der Waals surface area contributed by atoms with E-state index in [9.17, 15) is 9.59 Å². The quantitative estimate of drug-likeness (QED) is 0.779. The fraction of sp³-hybridized carbons (Fsp3) is 0.333. The Balaban J connectivity index is 1.53. The number of benzene rings is 2. The molecule has 0 unspecified atom stereocenters. The number of hydrogen-bond acceptors (Lipinski definition) is 3. The van der Waals surface area contributed by atoms with E-state index in [2.05, 4.69) is 10.6 Å². The molecule has 27 heavy (non-hydrogen) atoms. The van der Waals surface area contributed by atoms with Gasteiger partial charge in [-0.25, -0.2) is 4.79 Å². The molecule has 140 valence electrons. The molecule has 0 bridgehead atoms. The van der Waals surface area contributed by atoms with Gasteiger partial charge in [0.1, 0.15) is 0 Å². The minimum absolute atomic E-state index is 0.0411. The SMILES string of the molecule is CN1C(=O)c2ccccc2Sc2ccc(NC(=O)NC3CCCCC3)cc21. The molecule has 2 N–H and O–H groups in total. The smallest absolute Gasteiger partial charge is 0.319 e. The number of hydrogen-bond donors (Lipinski definition) is 2. The van der Waals surface area contributed by atoms with Crippen molar-refractivity contribution in [1.29, 1.82) is 0 Å². The van der Waals surface area contributed by atoms with Crippen LogP contribution in [0, 0.1) is 0 Å². The first kappa shape index (κ1) is 17.9. The lowest BCUT2D eigenvalue weighted by Crippen LogP contribution is -2.39. The molecular formula is C21H23N3O2S. The fourth-order valence-electron chi connectivity index (χ4n) is 3.68. The van der Waals surface area contributed by atoms with Gasteiger partial charge in [-0.3, -0.25) is 4.79 Å². The van der Waals surface area contributed by atoms with Crippen molar-refractivity contribution in [3.05, 3.63) is 48.0 Å². The lowest BCUT2D eigenvalue weighted by atomic mass is 9.96. The summed E-state index contributed by atoms with van der Waals surface area (Å²) in [5.74, 6) is -0.0411. The molecule has 0 radical (unpaired) electrons. The number of carbonyl (C=O) groups excluding carboxylic acids is 2. The van der Waals surface area contributed by atoms with E-state index in [0.29, 0.717) is 11.3 Å². The average molecular weight is 382 g/mol. The topological polar surface area (TPSA) is 61.4 Å². The Hall–Kier alpha value is -2.47. The molecule has 1 aliphatic heterocycles. The Bertz CT molecular complexity index is 877. The fourth-order valence-corrected chi connectivity index (χ4v) is 4.77. The summed E-state index contributed by atoms with van der Waals surface area (Å²) >= 11 is 1.58. The zero-order valence-corrected chi connectivity index (χ0v) is 16.1. The second-order valence-electron chi connectivity index (χ2n) is 7.08. The normalized spacial score (nSPS) is 16.9.